The van der Waals surface area contributed by atoms with Gasteiger partial charge in [0.15, 0.2) is 0 Å². The highest BCUT2D eigenvalue weighted by atomic mass is 19.1. The average Bonchev–Trinajstić information content (AvgIpc) is 3.35. The number of piperazine rings is 1. The summed E-state index contributed by atoms with van der Waals surface area (Å²) in [7, 11) is 0. The van der Waals surface area contributed by atoms with Gasteiger partial charge >= 0.3 is 0 Å². The number of pyridine rings is 1. The Morgan fingerprint density at radius 2 is 1.92 bits per heavy atom. The summed E-state index contributed by atoms with van der Waals surface area (Å²) in [6.07, 6.45) is 2.49. The minimum Gasteiger partial charge on any atom is -0.367 e. The Hall–Kier alpha value is -3.79. The lowest BCUT2D eigenvalue weighted by Gasteiger charge is -2.36. The third kappa shape index (κ3) is 3.81. The van der Waals surface area contributed by atoms with Gasteiger partial charge in [0.1, 0.15) is 17.5 Å². The van der Waals surface area contributed by atoms with Crippen LogP contribution in [0.5, 0.6) is 0 Å². The lowest BCUT2D eigenvalue weighted by Crippen LogP contribution is -2.52. The van der Waals surface area contributed by atoms with Crippen LogP contribution in [0.2, 0.25) is 0 Å². The van der Waals surface area contributed by atoms with E-state index in [1.807, 2.05) is 29.3 Å². The molecule has 0 spiro atoms. The fourth-order valence-electron chi connectivity index (χ4n) is 5.49. The predicted octanol–water partition coefficient (Wildman–Crippen LogP) is 1.87. The molecule has 9 nitrogen and oxygen atoms in total. The van der Waals surface area contributed by atoms with Crippen LogP contribution in [0.15, 0.2) is 36.5 Å². The topological polar surface area (TPSA) is 90.3 Å². The van der Waals surface area contributed by atoms with Gasteiger partial charge in [0, 0.05) is 63.1 Å². The molecule has 2 saturated heterocycles. The lowest BCUT2D eigenvalue weighted by molar-refractivity contribution is -0.136. The van der Waals surface area contributed by atoms with E-state index >= 15 is 4.39 Å². The van der Waals surface area contributed by atoms with Crippen molar-refractivity contribution >= 4 is 29.1 Å². The summed E-state index contributed by atoms with van der Waals surface area (Å²) in [5.41, 5.74) is 4.60. The summed E-state index contributed by atoms with van der Waals surface area (Å²) in [4.78, 5) is 47.3. The summed E-state index contributed by atoms with van der Waals surface area (Å²) in [6, 6.07) is 8.31. The van der Waals surface area contributed by atoms with Gasteiger partial charge < -0.3 is 14.2 Å². The minimum absolute atomic E-state index is 0.189. The van der Waals surface area contributed by atoms with Crippen LogP contribution < -0.4 is 10.2 Å². The van der Waals surface area contributed by atoms with Crippen LogP contribution in [0.4, 0.5) is 10.1 Å². The Balaban J connectivity index is 1.14. The second-order valence-electron chi connectivity index (χ2n) is 9.70. The summed E-state index contributed by atoms with van der Waals surface area (Å²) in [6.45, 7) is 5.91. The molecular weight excluding hydrogens is 463 g/mol. The number of fused-ring (bicyclic) bond motifs is 2. The quantitative estimate of drug-likeness (QED) is 0.562. The molecule has 3 aliphatic heterocycles. The Bertz CT molecular complexity index is 1390. The molecule has 3 aromatic rings. The van der Waals surface area contributed by atoms with E-state index in [-0.39, 0.29) is 31.2 Å². The number of benzene rings is 1. The number of anilines is 1. The third-order valence-electron chi connectivity index (χ3n) is 7.54. The monoisotopic (exact) mass is 490 g/mol. The summed E-state index contributed by atoms with van der Waals surface area (Å²) >= 11 is 0. The second kappa shape index (κ2) is 8.70. The fraction of sp³-hybridized carbons (Fsp3) is 0.385. The SMILES string of the molecule is Cc1c(CN2CCN(c3cc4c(cc3F)C(=O)N(C3CCC(=O)NC3=O)C4)CC2)nc2ccccn12. The number of aromatic nitrogens is 2. The normalized spacial score (nSPS) is 20.8. The van der Waals surface area contributed by atoms with E-state index < -0.39 is 17.8 Å². The molecule has 6 rings (SSSR count). The van der Waals surface area contributed by atoms with Crippen LogP contribution >= 0.6 is 0 Å². The van der Waals surface area contributed by atoms with Crippen LogP contribution in [0.25, 0.3) is 5.65 Å². The van der Waals surface area contributed by atoms with Crippen molar-refractivity contribution in [1.82, 2.24) is 24.5 Å². The summed E-state index contributed by atoms with van der Waals surface area (Å²) in [5.74, 6) is -1.59. The summed E-state index contributed by atoms with van der Waals surface area (Å²) in [5, 5.41) is 2.30. The Morgan fingerprint density at radius 3 is 2.67 bits per heavy atom. The van der Waals surface area contributed by atoms with Gasteiger partial charge in [-0.25, -0.2) is 9.37 Å². The highest BCUT2D eigenvalue weighted by molar-refractivity contribution is 6.05. The largest absolute Gasteiger partial charge is 0.367 e. The number of nitrogens with one attached hydrogen (secondary N) is 1. The van der Waals surface area contributed by atoms with Crippen LogP contribution in [-0.2, 0) is 22.7 Å². The Kier molecular flexibility index (Phi) is 5.48. The molecule has 0 saturated carbocycles. The zero-order valence-electron chi connectivity index (χ0n) is 20.0. The van der Waals surface area contributed by atoms with E-state index in [0.717, 1.165) is 36.7 Å². The first kappa shape index (κ1) is 22.7. The molecule has 36 heavy (non-hydrogen) atoms. The van der Waals surface area contributed by atoms with Crippen molar-refractivity contribution in [3.8, 4) is 0 Å². The highest BCUT2D eigenvalue weighted by Crippen LogP contribution is 2.33. The number of aryl methyl sites for hydroxylation is 1. The van der Waals surface area contributed by atoms with Gasteiger partial charge in [0.2, 0.25) is 11.8 Å². The number of amides is 3. The van der Waals surface area contributed by atoms with Gasteiger partial charge in [-0.15, -0.1) is 0 Å². The zero-order valence-corrected chi connectivity index (χ0v) is 20.0. The van der Waals surface area contributed by atoms with Gasteiger partial charge in [-0.2, -0.15) is 0 Å². The van der Waals surface area contributed by atoms with Crippen molar-refractivity contribution in [2.45, 2.75) is 38.9 Å². The van der Waals surface area contributed by atoms with Crippen molar-refractivity contribution in [3.05, 3.63) is 64.9 Å². The predicted molar refractivity (Wildman–Crippen MR) is 130 cm³/mol. The Morgan fingerprint density at radius 1 is 1.11 bits per heavy atom. The molecule has 10 heteroatoms. The average molecular weight is 491 g/mol. The van der Waals surface area contributed by atoms with Crippen LogP contribution in [-0.4, -0.2) is 69.1 Å². The molecule has 1 unspecified atom stereocenters. The van der Waals surface area contributed by atoms with Crippen molar-refractivity contribution in [2.24, 2.45) is 0 Å². The standard InChI is InChI=1S/C26H27FN6O3/c1-16-20(28-23-4-2-3-7-32(16)23)15-30-8-10-31(11-9-30)22-12-17-14-33(26(36)18(17)13-19(22)27)21-5-6-24(34)29-25(21)35/h2-4,7,12-13,21H,5-6,8-11,14-15H2,1H3,(H,29,34,35). The number of piperidine rings is 1. The number of carbonyl (C=O) groups is 3. The number of imide groups is 1. The van der Waals surface area contributed by atoms with E-state index in [9.17, 15) is 14.4 Å². The van der Waals surface area contributed by atoms with E-state index in [0.29, 0.717) is 29.9 Å². The smallest absolute Gasteiger partial charge is 0.255 e. The van der Waals surface area contributed by atoms with Gasteiger partial charge in [0.05, 0.1) is 11.4 Å². The van der Waals surface area contributed by atoms with E-state index in [1.165, 1.54) is 11.0 Å². The maximum Gasteiger partial charge on any atom is 0.255 e. The zero-order chi connectivity index (χ0) is 25.0. The van der Waals surface area contributed by atoms with Crippen LogP contribution in [0.1, 0.15) is 40.2 Å². The van der Waals surface area contributed by atoms with Crippen molar-refractivity contribution in [1.29, 1.82) is 0 Å². The van der Waals surface area contributed by atoms with Crippen LogP contribution in [0, 0.1) is 12.7 Å². The fourth-order valence-corrected chi connectivity index (χ4v) is 5.49. The molecule has 1 aromatic carbocycles. The number of halogens is 1. The first-order valence-corrected chi connectivity index (χ1v) is 12.3. The minimum atomic E-state index is -0.708. The number of nitrogens with zero attached hydrogens (tertiary/aromatic N) is 5. The summed E-state index contributed by atoms with van der Waals surface area (Å²) < 4.78 is 17.2. The van der Waals surface area contributed by atoms with Gasteiger partial charge in [-0.1, -0.05) is 6.07 Å². The number of imidazole rings is 1. The van der Waals surface area contributed by atoms with E-state index in [4.69, 9.17) is 4.98 Å². The van der Waals surface area contributed by atoms with Gasteiger partial charge in [-0.3, -0.25) is 24.6 Å². The first-order chi connectivity index (χ1) is 17.4. The lowest BCUT2D eigenvalue weighted by atomic mass is 10.0. The number of rotatable bonds is 4. The maximum atomic E-state index is 15.2. The molecule has 0 aliphatic carbocycles. The molecule has 5 heterocycles. The third-order valence-corrected chi connectivity index (χ3v) is 7.54. The molecule has 2 aromatic heterocycles. The molecular formula is C26H27FN6O3. The molecule has 3 amide bonds. The van der Waals surface area contributed by atoms with Gasteiger partial charge in [-0.05, 0) is 43.2 Å². The van der Waals surface area contributed by atoms with Gasteiger partial charge in [0.25, 0.3) is 5.91 Å². The molecule has 186 valence electrons. The highest BCUT2D eigenvalue weighted by Gasteiger charge is 2.40. The number of hydrogen-bond acceptors (Lipinski definition) is 6. The van der Waals surface area contributed by atoms with Crippen molar-refractivity contribution < 1.29 is 18.8 Å². The molecule has 3 aliphatic rings. The molecule has 2 fully saturated rings. The molecule has 0 radical (unpaired) electrons. The molecule has 1 atom stereocenters. The first-order valence-electron chi connectivity index (χ1n) is 12.3. The van der Waals surface area contributed by atoms with Crippen LogP contribution in [0.3, 0.4) is 0 Å². The number of hydrogen-bond donors (Lipinski definition) is 1. The maximum absolute atomic E-state index is 15.2. The van der Waals surface area contributed by atoms with E-state index in [1.54, 1.807) is 6.07 Å². The second-order valence-corrected chi connectivity index (χ2v) is 9.70. The van der Waals surface area contributed by atoms with E-state index in [2.05, 4.69) is 21.5 Å². The van der Waals surface area contributed by atoms with Crippen molar-refractivity contribution in [3.63, 3.8) is 0 Å². The number of carbonyl (C=O) groups excluding carboxylic acids is 3. The Labute approximate surface area is 207 Å². The van der Waals surface area contributed by atoms with Crippen molar-refractivity contribution in [2.75, 3.05) is 31.1 Å². The molecule has 0 bridgehead atoms. The molecule has 1 N–H and O–H groups in total.